The van der Waals surface area contributed by atoms with Gasteiger partial charge < -0.3 is 20.8 Å². The third-order valence-corrected chi connectivity index (χ3v) is 1.48. The Hall–Kier alpha value is -0.160. The van der Waals surface area contributed by atoms with E-state index in [0.717, 1.165) is 13.0 Å². The first-order chi connectivity index (χ1) is 5.20. The van der Waals surface area contributed by atoms with Crippen LogP contribution in [0.15, 0.2) is 0 Å². The minimum absolute atomic E-state index is 0.174. The highest BCUT2D eigenvalue weighted by Gasteiger charge is 2.04. The van der Waals surface area contributed by atoms with Gasteiger partial charge in [-0.2, -0.15) is 0 Å². The standard InChI is InChI=1S/C7H18N2O2/c1-9(4-2-3-8)5-7(11)6-10/h7,10-11H,2-6,8H2,1H3/t7-/m0/s1. The van der Waals surface area contributed by atoms with Gasteiger partial charge in [-0.05, 0) is 26.6 Å². The lowest BCUT2D eigenvalue weighted by atomic mass is 10.3. The fraction of sp³-hybridized carbons (Fsp3) is 1.00. The lowest BCUT2D eigenvalue weighted by Crippen LogP contribution is -2.32. The average Bonchev–Trinajstić information content (AvgIpc) is 2.00. The van der Waals surface area contributed by atoms with Crippen LogP contribution >= 0.6 is 0 Å². The Bertz CT molecular complexity index is 90.5. The van der Waals surface area contributed by atoms with Crippen LogP contribution in [-0.2, 0) is 0 Å². The normalized spacial score (nSPS) is 13.9. The Balaban J connectivity index is 3.27. The number of hydrogen-bond donors (Lipinski definition) is 3. The topological polar surface area (TPSA) is 69.7 Å². The van der Waals surface area contributed by atoms with Crippen LogP contribution in [0.5, 0.6) is 0 Å². The van der Waals surface area contributed by atoms with Crippen molar-refractivity contribution in [3.05, 3.63) is 0 Å². The molecule has 0 saturated heterocycles. The van der Waals surface area contributed by atoms with Crippen LogP contribution < -0.4 is 5.73 Å². The second-order valence-electron chi connectivity index (χ2n) is 2.74. The molecule has 0 aliphatic carbocycles. The van der Waals surface area contributed by atoms with Crippen LogP contribution in [-0.4, -0.2) is 54.5 Å². The van der Waals surface area contributed by atoms with E-state index in [9.17, 15) is 0 Å². The molecule has 4 heteroatoms. The van der Waals surface area contributed by atoms with Crippen molar-refractivity contribution in [2.24, 2.45) is 5.73 Å². The molecule has 0 aromatic carbocycles. The zero-order valence-electron chi connectivity index (χ0n) is 7.03. The number of aliphatic hydroxyl groups excluding tert-OH is 2. The van der Waals surface area contributed by atoms with E-state index in [4.69, 9.17) is 15.9 Å². The van der Waals surface area contributed by atoms with Gasteiger partial charge in [-0.1, -0.05) is 0 Å². The molecule has 0 aromatic heterocycles. The van der Waals surface area contributed by atoms with Crippen molar-refractivity contribution in [2.75, 3.05) is 33.3 Å². The van der Waals surface area contributed by atoms with Gasteiger partial charge in [0.1, 0.15) is 0 Å². The van der Waals surface area contributed by atoms with Crippen LogP contribution in [0.2, 0.25) is 0 Å². The molecule has 0 radical (unpaired) electrons. The highest BCUT2D eigenvalue weighted by atomic mass is 16.3. The van der Waals surface area contributed by atoms with Gasteiger partial charge in [0.15, 0.2) is 0 Å². The van der Waals surface area contributed by atoms with E-state index in [0.29, 0.717) is 13.1 Å². The van der Waals surface area contributed by atoms with Gasteiger partial charge in [0.05, 0.1) is 12.7 Å². The number of aliphatic hydroxyl groups is 2. The molecule has 0 amide bonds. The van der Waals surface area contributed by atoms with Gasteiger partial charge >= 0.3 is 0 Å². The molecule has 0 saturated carbocycles. The maximum absolute atomic E-state index is 9.00. The summed E-state index contributed by atoms with van der Waals surface area (Å²) in [5.41, 5.74) is 5.30. The smallest absolute Gasteiger partial charge is 0.0897 e. The third-order valence-electron chi connectivity index (χ3n) is 1.48. The molecule has 0 unspecified atom stereocenters. The molecule has 0 spiro atoms. The van der Waals surface area contributed by atoms with Crippen LogP contribution in [0.4, 0.5) is 0 Å². The molecule has 0 bridgehead atoms. The Kier molecular flexibility index (Phi) is 6.45. The summed E-state index contributed by atoms with van der Waals surface area (Å²) in [6, 6.07) is 0. The molecule has 0 aliphatic heterocycles. The van der Waals surface area contributed by atoms with Gasteiger partial charge in [0.25, 0.3) is 0 Å². The molecule has 0 heterocycles. The largest absolute Gasteiger partial charge is 0.394 e. The first kappa shape index (κ1) is 10.8. The molecular weight excluding hydrogens is 144 g/mol. The predicted molar refractivity (Wildman–Crippen MR) is 44.3 cm³/mol. The fourth-order valence-corrected chi connectivity index (χ4v) is 0.870. The molecule has 0 aromatic rings. The Morgan fingerprint density at radius 1 is 1.55 bits per heavy atom. The molecule has 4 nitrogen and oxygen atoms in total. The zero-order valence-corrected chi connectivity index (χ0v) is 7.03. The minimum atomic E-state index is -0.627. The van der Waals surface area contributed by atoms with Gasteiger partial charge in [-0.3, -0.25) is 0 Å². The maximum Gasteiger partial charge on any atom is 0.0897 e. The Morgan fingerprint density at radius 3 is 2.64 bits per heavy atom. The van der Waals surface area contributed by atoms with Gasteiger partial charge in [-0.25, -0.2) is 0 Å². The summed E-state index contributed by atoms with van der Waals surface area (Å²) in [6.45, 7) is 1.87. The number of hydrogen-bond acceptors (Lipinski definition) is 4. The highest BCUT2D eigenvalue weighted by molar-refractivity contribution is 4.59. The molecule has 11 heavy (non-hydrogen) atoms. The van der Waals surface area contributed by atoms with Crippen LogP contribution in [0, 0.1) is 0 Å². The fourth-order valence-electron chi connectivity index (χ4n) is 0.870. The van der Waals surface area contributed by atoms with E-state index in [2.05, 4.69) is 0 Å². The van der Waals surface area contributed by atoms with E-state index >= 15 is 0 Å². The van der Waals surface area contributed by atoms with Crippen molar-refractivity contribution in [3.63, 3.8) is 0 Å². The highest BCUT2D eigenvalue weighted by Crippen LogP contribution is 1.89. The zero-order chi connectivity index (χ0) is 8.69. The van der Waals surface area contributed by atoms with Crippen molar-refractivity contribution in [1.29, 1.82) is 0 Å². The first-order valence-electron chi connectivity index (χ1n) is 3.88. The van der Waals surface area contributed by atoms with Crippen molar-refractivity contribution in [1.82, 2.24) is 4.90 Å². The van der Waals surface area contributed by atoms with Gasteiger partial charge in [0.2, 0.25) is 0 Å². The summed E-state index contributed by atoms with van der Waals surface area (Å²) >= 11 is 0. The molecule has 0 fully saturated rings. The molecular formula is C7H18N2O2. The molecule has 1 atom stereocenters. The summed E-state index contributed by atoms with van der Waals surface area (Å²) in [5.74, 6) is 0. The first-order valence-corrected chi connectivity index (χ1v) is 3.88. The van der Waals surface area contributed by atoms with Crippen molar-refractivity contribution in [2.45, 2.75) is 12.5 Å². The van der Waals surface area contributed by atoms with E-state index in [-0.39, 0.29) is 6.61 Å². The van der Waals surface area contributed by atoms with Gasteiger partial charge in [0, 0.05) is 6.54 Å². The van der Waals surface area contributed by atoms with E-state index < -0.39 is 6.10 Å². The number of nitrogens with zero attached hydrogens (tertiary/aromatic N) is 1. The number of likely N-dealkylation sites (N-methyl/N-ethyl adjacent to an activating group) is 1. The van der Waals surface area contributed by atoms with E-state index in [1.165, 1.54) is 0 Å². The molecule has 4 N–H and O–H groups in total. The third kappa shape index (κ3) is 6.25. The SMILES string of the molecule is CN(CCCN)C[C@H](O)CO. The quantitative estimate of drug-likeness (QED) is 0.450. The van der Waals surface area contributed by atoms with Crippen LogP contribution in [0.3, 0.4) is 0 Å². The van der Waals surface area contributed by atoms with Crippen molar-refractivity contribution >= 4 is 0 Å². The average molecular weight is 162 g/mol. The van der Waals surface area contributed by atoms with Crippen molar-refractivity contribution < 1.29 is 10.2 Å². The number of rotatable bonds is 6. The van der Waals surface area contributed by atoms with E-state index in [1.54, 1.807) is 0 Å². The summed E-state index contributed by atoms with van der Waals surface area (Å²) in [7, 11) is 1.90. The Morgan fingerprint density at radius 2 is 2.18 bits per heavy atom. The predicted octanol–water partition coefficient (Wildman–Crippen LogP) is -1.38. The summed E-state index contributed by atoms with van der Waals surface area (Å²) in [5, 5.41) is 17.5. The molecule has 0 rings (SSSR count). The van der Waals surface area contributed by atoms with Gasteiger partial charge in [-0.15, -0.1) is 0 Å². The summed E-state index contributed by atoms with van der Waals surface area (Å²) < 4.78 is 0. The lowest BCUT2D eigenvalue weighted by Gasteiger charge is -2.18. The molecule has 68 valence electrons. The monoisotopic (exact) mass is 162 g/mol. The van der Waals surface area contributed by atoms with E-state index in [1.807, 2.05) is 11.9 Å². The van der Waals surface area contributed by atoms with Crippen molar-refractivity contribution in [3.8, 4) is 0 Å². The van der Waals surface area contributed by atoms with Crippen LogP contribution in [0.1, 0.15) is 6.42 Å². The summed E-state index contributed by atoms with van der Waals surface area (Å²) in [6.07, 6.45) is 0.298. The number of nitrogens with two attached hydrogens (primary N) is 1. The minimum Gasteiger partial charge on any atom is -0.394 e. The summed E-state index contributed by atoms with van der Waals surface area (Å²) in [4.78, 5) is 1.95. The Labute approximate surface area is 67.6 Å². The second-order valence-corrected chi connectivity index (χ2v) is 2.74. The molecule has 0 aliphatic rings. The maximum atomic E-state index is 9.00. The lowest BCUT2D eigenvalue weighted by molar-refractivity contribution is 0.0665. The van der Waals surface area contributed by atoms with Crippen LogP contribution in [0.25, 0.3) is 0 Å². The second kappa shape index (κ2) is 6.54.